The third-order valence-corrected chi connectivity index (χ3v) is 6.65. The minimum Gasteiger partial charge on any atom is -0.315 e. The Morgan fingerprint density at radius 1 is 1.21 bits per heavy atom. The quantitative estimate of drug-likeness (QED) is 0.736. The van der Waals surface area contributed by atoms with Crippen molar-refractivity contribution in [3.8, 4) is 0 Å². The van der Waals surface area contributed by atoms with Gasteiger partial charge in [-0.05, 0) is 30.5 Å². The molecule has 2 fully saturated rings. The molecule has 1 aromatic carbocycles. The minimum atomic E-state index is -3.16. The van der Waals surface area contributed by atoms with Crippen LogP contribution in [0.4, 0.5) is 4.79 Å². The van der Waals surface area contributed by atoms with Crippen LogP contribution in [0.1, 0.15) is 12.0 Å². The SMILES string of the molecule is O=C1CN(CCc2ccc(Cl)cc2Cl)C(=O)N1[C@H]1CCS(=O)(=O)C1. The van der Waals surface area contributed by atoms with Crippen LogP contribution >= 0.6 is 23.2 Å². The molecular formula is C15H16Cl2N2O4S. The van der Waals surface area contributed by atoms with Crippen molar-refractivity contribution >= 4 is 45.0 Å². The van der Waals surface area contributed by atoms with Gasteiger partial charge in [0.15, 0.2) is 9.84 Å². The van der Waals surface area contributed by atoms with Crippen molar-refractivity contribution in [2.75, 3.05) is 24.6 Å². The minimum absolute atomic E-state index is 0.0229. The van der Waals surface area contributed by atoms with Crippen molar-refractivity contribution in [2.45, 2.75) is 18.9 Å². The van der Waals surface area contributed by atoms with Crippen LogP contribution in [0.5, 0.6) is 0 Å². The van der Waals surface area contributed by atoms with Gasteiger partial charge in [0.25, 0.3) is 5.91 Å². The maximum atomic E-state index is 12.5. The standard InChI is InChI=1S/C15H16Cl2N2O4S/c16-11-2-1-10(13(17)7-11)3-5-18-8-14(20)19(15(18)21)12-4-6-24(22,23)9-12/h1-2,7,12H,3-6,8-9H2/t12-/m0/s1. The maximum absolute atomic E-state index is 12.5. The molecular weight excluding hydrogens is 375 g/mol. The molecule has 3 amide bonds. The number of carbonyl (C=O) groups is 2. The Balaban J connectivity index is 1.66. The number of hydrogen-bond donors (Lipinski definition) is 0. The average molecular weight is 391 g/mol. The van der Waals surface area contributed by atoms with Crippen LogP contribution in [0.3, 0.4) is 0 Å². The third kappa shape index (κ3) is 3.53. The van der Waals surface area contributed by atoms with E-state index in [1.165, 1.54) is 4.90 Å². The smallest absolute Gasteiger partial charge is 0.315 e. The number of sulfone groups is 1. The van der Waals surface area contributed by atoms with E-state index in [9.17, 15) is 18.0 Å². The second-order valence-corrected chi connectivity index (χ2v) is 9.08. The summed E-state index contributed by atoms with van der Waals surface area (Å²) in [4.78, 5) is 27.1. The fourth-order valence-electron chi connectivity index (χ4n) is 3.06. The van der Waals surface area contributed by atoms with E-state index in [0.29, 0.717) is 29.4 Å². The van der Waals surface area contributed by atoms with Crippen LogP contribution in [0.25, 0.3) is 0 Å². The Labute approximate surface area is 150 Å². The summed E-state index contributed by atoms with van der Waals surface area (Å²) in [6.07, 6.45) is 0.808. The highest BCUT2D eigenvalue weighted by atomic mass is 35.5. The highest BCUT2D eigenvalue weighted by molar-refractivity contribution is 7.91. The zero-order valence-corrected chi connectivity index (χ0v) is 15.1. The van der Waals surface area contributed by atoms with Gasteiger partial charge in [-0.15, -0.1) is 0 Å². The molecule has 9 heteroatoms. The number of benzene rings is 1. The fourth-order valence-corrected chi connectivity index (χ4v) is 5.26. The second kappa shape index (κ2) is 6.54. The van der Waals surface area contributed by atoms with E-state index in [2.05, 4.69) is 0 Å². The van der Waals surface area contributed by atoms with Crippen molar-refractivity contribution in [1.29, 1.82) is 0 Å². The molecule has 1 aromatic rings. The molecule has 0 N–H and O–H groups in total. The van der Waals surface area contributed by atoms with Crippen LogP contribution in [-0.2, 0) is 21.1 Å². The molecule has 2 aliphatic rings. The molecule has 24 heavy (non-hydrogen) atoms. The van der Waals surface area contributed by atoms with Gasteiger partial charge in [-0.25, -0.2) is 13.2 Å². The number of imide groups is 1. The molecule has 3 rings (SSSR count). The molecule has 0 aromatic heterocycles. The summed E-state index contributed by atoms with van der Waals surface area (Å²) in [5.41, 5.74) is 0.836. The van der Waals surface area contributed by atoms with E-state index < -0.39 is 21.9 Å². The number of urea groups is 1. The lowest BCUT2D eigenvalue weighted by Crippen LogP contribution is -2.42. The Hall–Kier alpha value is -1.31. The molecule has 0 aliphatic carbocycles. The Morgan fingerprint density at radius 2 is 1.96 bits per heavy atom. The summed E-state index contributed by atoms with van der Waals surface area (Å²) >= 11 is 12.0. The molecule has 6 nitrogen and oxygen atoms in total. The first kappa shape index (κ1) is 17.5. The van der Waals surface area contributed by atoms with Gasteiger partial charge in [0.1, 0.15) is 6.54 Å². The van der Waals surface area contributed by atoms with Crippen molar-refractivity contribution in [1.82, 2.24) is 9.80 Å². The van der Waals surface area contributed by atoms with Gasteiger partial charge in [0.05, 0.1) is 17.5 Å². The number of carbonyl (C=O) groups excluding carboxylic acids is 2. The summed E-state index contributed by atoms with van der Waals surface area (Å²) < 4.78 is 23.2. The van der Waals surface area contributed by atoms with Crippen LogP contribution in [0.15, 0.2) is 18.2 Å². The number of rotatable bonds is 4. The van der Waals surface area contributed by atoms with Gasteiger partial charge >= 0.3 is 6.03 Å². The summed E-state index contributed by atoms with van der Waals surface area (Å²) in [6, 6.07) is 4.17. The van der Waals surface area contributed by atoms with E-state index in [1.807, 2.05) is 0 Å². The summed E-state index contributed by atoms with van der Waals surface area (Å²) in [6.45, 7) is 0.308. The number of amides is 3. The van der Waals surface area contributed by atoms with Crippen LogP contribution in [-0.4, -0.2) is 60.8 Å². The Kier molecular flexibility index (Phi) is 4.77. The van der Waals surface area contributed by atoms with E-state index >= 15 is 0 Å². The molecule has 1 atom stereocenters. The molecule has 2 heterocycles. The van der Waals surface area contributed by atoms with E-state index in [0.717, 1.165) is 10.5 Å². The number of nitrogens with zero attached hydrogens (tertiary/aromatic N) is 2. The monoisotopic (exact) mass is 390 g/mol. The predicted molar refractivity (Wildman–Crippen MR) is 91.0 cm³/mol. The second-order valence-electron chi connectivity index (χ2n) is 6.01. The normalized spacial score (nSPS) is 23.3. The Bertz CT molecular complexity index is 797. The molecule has 2 aliphatic heterocycles. The van der Waals surface area contributed by atoms with Crippen molar-refractivity contribution < 1.29 is 18.0 Å². The fraction of sp³-hybridized carbons (Fsp3) is 0.467. The first-order valence-electron chi connectivity index (χ1n) is 7.52. The van der Waals surface area contributed by atoms with E-state index in [-0.39, 0.29) is 24.0 Å². The van der Waals surface area contributed by atoms with Crippen molar-refractivity contribution in [2.24, 2.45) is 0 Å². The largest absolute Gasteiger partial charge is 0.327 e. The molecule has 0 unspecified atom stereocenters. The highest BCUT2D eigenvalue weighted by Gasteiger charge is 2.44. The lowest BCUT2D eigenvalue weighted by atomic mass is 10.1. The first-order chi connectivity index (χ1) is 11.3. The summed E-state index contributed by atoms with van der Waals surface area (Å²) in [5, 5.41) is 1.05. The molecule has 2 saturated heterocycles. The number of hydrogen-bond acceptors (Lipinski definition) is 4. The van der Waals surface area contributed by atoms with Gasteiger partial charge in [0, 0.05) is 16.6 Å². The highest BCUT2D eigenvalue weighted by Crippen LogP contribution is 2.25. The van der Waals surface area contributed by atoms with Crippen LogP contribution in [0, 0.1) is 0 Å². The zero-order valence-electron chi connectivity index (χ0n) is 12.7. The molecule has 130 valence electrons. The third-order valence-electron chi connectivity index (χ3n) is 4.31. The zero-order chi connectivity index (χ0) is 17.5. The summed E-state index contributed by atoms with van der Waals surface area (Å²) in [5.74, 6) is -0.458. The average Bonchev–Trinajstić information content (AvgIpc) is 2.97. The molecule has 0 radical (unpaired) electrons. The molecule has 0 saturated carbocycles. The lowest BCUT2D eigenvalue weighted by molar-refractivity contribution is -0.126. The van der Waals surface area contributed by atoms with E-state index in [4.69, 9.17) is 23.2 Å². The van der Waals surface area contributed by atoms with Crippen LogP contribution < -0.4 is 0 Å². The molecule has 0 spiro atoms. The van der Waals surface area contributed by atoms with Gasteiger partial charge in [-0.2, -0.15) is 0 Å². The lowest BCUT2D eigenvalue weighted by Gasteiger charge is -2.21. The van der Waals surface area contributed by atoms with Crippen molar-refractivity contribution in [3.63, 3.8) is 0 Å². The van der Waals surface area contributed by atoms with Crippen LogP contribution in [0.2, 0.25) is 10.0 Å². The topological polar surface area (TPSA) is 74.8 Å². The number of halogens is 2. The van der Waals surface area contributed by atoms with Gasteiger partial charge in [-0.1, -0.05) is 29.3 Å². The maximum Gasteiger partial charge on any atom is 0.327 e. The first-order valence-corrected chi connectivity index (χ1v) is 10.1. The predicted octanol–water partition coefficient (Wildman–Crippen LogP) is 1.99. The van der Waals surface area contributed by atoms with Crippen molar-refractivity contribution in [3.05, 3.63) is 33.8 Å². The summed E-state index contributed by atoms with van der Waals surface area (Å²) in [7, 11) is -3.16. The molecule has 0 bridgehead atoms. The Morgan fingerprint density at radius 3 is 2.58 bits per heavy atom. The van der Waals surface area contributed by atoms with E-state index in [1.54, 1.807) is 18.2 Å². The van der Waals surface area contributed by atoms with Gasteiger partial charge < -0.3 is 4.90 Å². The van der Waals surface area contributed by atoms with Gasteiger partial charge in [-0.3, -0.25) is 9.69 Å². The van der Waals surface area contributed by atoms with Gasteiger partial charge in [0.2, 0.25) is 0 Å².